The summed E-state index contributed by atoms with van der Waals surface area (Å²) in [7, 11) is 0. The smallest absolute Gasteiger partial charge is 0.282 e. The van der Waals surface area contributed by atoms with Gasteiger partial charge < -0.3 is 5.32 Å². The molecule has 1 N–H and O–H groups in total. The second kappa shape index (κ2) is 7.61. The Balaban J connectivity index is 1.75. The minimum Gasteiger partial charge on any atom is -0.345 e. The van der Waals surface area contributed by atoms with E-state index in [2.05, 4.69) is 5.32 Å². The Morgan fingerprint density at radius 2 is 1.46 bits per heavy atom. The van der Waals surface area contributed by atoms with Crippen molar-refractivity contribution in [3.63, 3.8) is 0 Å². The van der Waals surface area contributed by atoms with Gasteiger partial charge in [0.1, 0.15) is 5.56 Å². The summed E-state index contributed by atoms with van der Waals surface area (Å²) < 4.78 is 0. The molecule has 1 unspecified atom stereocenters. The first-order valence-corrected chi connectivity index (χ1v) is 8.26. The van der Waals surface area contributed by atoms with E-state index >= 15 is 0 Å². The molecule has 0 saturated carbocycles. The number of carbonyl (C=O) groups is 1. The van der Waals surface area contributed by atoms with Crippen molar-refractivity contribution in [2.24, 2.45) is 0 Å². The second-order valence-electron chi connectivity index (χ2n) is 5.96. The minimum absolute atomic E-state index is 0.0604. The average molecular weight is 346 g/mol. The number of hydrogen-bond donors (Lipinski definition) is 1. The molecule has 0 heterocycles. The number of benzene rings is 3. The molecule has 0 radical (unpaired) electrons. The fourth-order valence-electron chi connectivity index (χ4n) is 2.78. The van der Waals surface area contributed by atoms with Gasteiger partial charge in [0.2, 0.25) is 0 Å². The van der Waals surface area contributed by atoms with Gasteiger partial charge in [-0.1, -0.05) is 66.7 Å². The lowest BCUT2D eigenvalue weighted by molar-refractivity contribution is -0.385. The molecule has 0 spiro atoms. The Labute approximate surface area is 151 Å². The van der Waals surface area contributed by atoms with Crippen LogP contribution >= 0.6 is 0 Å². The van der Waals surface area contributed by atoms with Gasteiger partial charge in [0.05, 0.1) is 11.0 Å². The number of nitro groups is 1. The van der Waals surface area contributed by atoms with Crippen LogP contribution in [0.25, 0.3) is 11.1 Å². The van der Waals surface area contributed by atoms with Gasteiger partial charge in [0.15, 0.2) is 0 Å². The molecule has 1 amide bonds. The third kappa shape index (κ3) is 3.78. The van der Waals surface area contributed by atoms with E-state index in [0.29, 0.717) is 0 Å². The summed E-state index contributed by atoms with van der Waals surface area (Å²) in [5.74, 6) is -0.461. The van der Waals surface area contributed by atoms with E-state index in [1.807, 2.05) is 61.5 Å². The van der Waals surface area contributed by atoms with Crippen LogP contribution < -0.4 is 5.32 Å². The molecule has 0 bridgehead atoms. The van der Waals surface area contributed by atoms with Crippen LogP contribution in [0.15, 0.2) is 78.9 Å². The molecule has 0 aromatic heterocycles. The monoisotopic (exact) mass is 346 g/mol. The molecule has 5 heteroatoms. The number of rotatable bonds is 5. The quantitative estimate of drug-likeness (QED) is 0.535. The fourth-order valence-corrected chi connectivity index (χ4v) is 2.78. The molecule has 3 aromatic carbocycles. The molecule has 3 rings (SSSR count). The highest BCUT2D eigenvalue weighted by Crippen LogP contribution is 2.23. The van der Waals surface area contributed by atoms with Crippen molar-refractivity contribution >= 4 is 11.6 Å². The third-order valence-corrected chi connectivity index (χ3v) is 4.21. The summed E-state index contributed by atoms with van der Waals surface area (Å²) in [5.41, 5.74) is 3.00. The number of para-hydroxylation sites is 1. The third-order valence-electron chi connectivity index (χ3n) is 4.21. The molecule has 1 atom stereocenters. The standard InChI is InChI=1S/C21H18N2O3/c1-15(22-21(24)19-9-5-6-10-20(19)23(25)26)16-11-13-18(14-12-16)17-7-3-2-4-8-17/h2-15H,1H3,(H,22,24). The number of nitrogens with zero attached hydrogens (tertiary/aromatic N) is 1. The molecule has 0 aliphatic rings. The predicted octanol–water partition coefficient (Wildman–Crippen LogP) is 4.75. The van der Waals surface area contributed by atoms with E-state index in [4.69, 9.17) is 0 Å². The van der Waals surface area contributed by atoms with E-state index < -0.39 is 10.8 Å². The molecule has 130 valence electrons. The fraction of sp³-hybridized carbons (Fsp3) is 0.0952. The Hall–Kier alpha value is -3.47. The highest BCUT2D eigenvalue weighted by molar-refractivity contribution is 5.98. The zero-order valence-corrected chi connectivity index (χ0v) is 14.3. The van der Waals surface area contributed by atoms with Gasteiger partial charge in [-0.2, -0.15) is 0 Å². The van der Waals surface area contributed by atoms with Gasteiger partial charge in [0.25, 0.3) is 11.6 Å². The van der Waals surface area contributed by atoms with Crippen LogP contribution in [-0.4, -0.2) is 10.8 Å². The number of amides is 1. The van der Waals surface area contributed by atoms with Gasteiger partial charge in [-0.25, -0.2) is 0 Å². The average Bonchev–Trinajstić information content (AvgIpc) is 2.68. The van der Waals surface area contributed by atoms with Gasteiger partial charge >= 0.3 is 0 Å². The Bertz CT molecular complexity index is 922. The summed E-state index contributed by atoms with van der Waals surface area (Å²) in [4.78, 5) is 23.0. The molecule has 5 nitrogen and oxygen atoms in total. The topological polar surface area (TPSA) is 72.2 Å². The van der Waals surface area contributed by atoms with Crippen LogP contribution in [0.3, 0.4) is 0 Å². The van der Waals surface area contributed by atoms with Crippen LogP contribution in [0.4, 0.5) is 5.69 Å². The van der Waals surface area contributed by atoms with Crippen molar-refractivity contribution < 1.29 is 9.72 Å². The van der Waals surface area contributed by atoms with E-state index in [1.165, 1.54) is 12.1 Å². The van der Waals surface area contributed by atoms with Gasteiger partial charge in [-0.15, -0.1) is 0 Å². The number of hydrogen-bond acceptors (Lipinski definition) is 3. The molecular formula is C21H18N2O3. The van der Waals surface area contributed by atoms with Crippen molar-refractivity contribution in [3.05, 3.63) is 100 Å². The molecule has 3 aromatic rings. The Morgan fingerprint density at radius 3 is 2.12 bits per heavy atom. The second-order valence-corrected chi connectivity index (χ2v) is 5.96. The molecule has 26 heavy (non-hydrogen) atoms. The van der Waals surface area contributed by atoms with Crippen LogP contribution in [0, 0.1) is 10.1 Å². The first-order chi connectivity index (χ1) is 12.6. The van der Waals surface area contributed by atoms with Crippen molar-refractivity contribution in [1.82, 2.24) is 5.32 Å². The predicted molar refractivity (Wildman–Crippen MR) is 101 cm³/mol. The van der Waals surface area contributed by atoms with E-state index in [9.17, 15) is 14.9 Å². The number of carbonyl (C=O) groups excluding carboxylic acids is 1. The lowest BCUT2D eigenvalue weighted by Crippen LogP contribution is -2.27. The Morgan fingerprint density at radius 1 is 0.885 bits per heavy atom. The van der Waals surface area contributed by atoms with Crippen molar-refractivity contribution in [2.45, 2.75) is 13.0 Å². The SMILES string of the molecule is CC(NC(=O)c1ccccc1[N+](=O)[O-])c1ccc(-c2ccccc2)cc1. The molecule has 0 aliphatic carbocycles. The summed E-state index contributed by atoms with van der Waals surface area (Å²) in [6.07, 6.45) is 0. The first-order valence-electron chi connectivity index (χ1n) is 8.26. The molecule has 0 fully saturated rings. The van der Waals surface area contributed by atoms with E-state index in [1.54, 1.807) is 12.1 Å². The Kier molecular flexibility index (Phi) is 5.08. The number of nitro benzene ring substituents is 1. The van der Waals surface area contributed by atoms with Crippen molar-refractivity contribution in [3.8, 4) is 11.1 Å². The van der Waals surface area contributed by atoms with Crippen molar-refractivity contribution in [1.29, 1.82) is 0 Å². The zero-order chi connectivity index (χ0) is 18.5. The molecule has 0 aliphatic heterocycles. The lowest BCUT2D eigenvalue weighted by Gasteiger charge is -2.15. The van der Waals surface area contributed by atoms with Crippen LogP contribution in [0.1, 0.15) is 28.9 Å². The van der Waals surface area contributed by atoms with Crippen LogP contribution in [0.2, 0.25) is 0 Å². The summed E-state index contributed by atoms with van der Waals surface area (Å²) in [5, 5.41) is 13.9. The minimum atomic E-state index is -0.547. The molecular weight excluding hydrogens is 328 g/mol. The lowest BCUT2D eigenvalue weighted by atomic mass is 10.0. The maximum Gasteiger partial charge on any atom is 0.282 e. The summed E-state index contributed by atoms with van der Waals surface area (Å²) in [6, 6.07) is 23.6. The number of nitrogens with one attached hydrogen (secondary N) is 1. The van der Waals surface area contributed by atoms with Crippen LogP contribution in [-0.2, 0) is 0 Å². The largest absolute Gasteiger partial charge is 0.345 e. The highest BCUT2D eigenvalue weighted by Gasteiger charge is 2.20. The highest BCUT2D eigenvalue weighted by atomic mass is 16.6. The van der Waals surface area contributed by atoms with Crippen LogP contribution in [0.5, 0.6) is 0 Å². The van der Waals surface area contributed by atoms with Gasteiger partial charge in [-0.3, -0.25) is 14.9 Å². The summed E-state index contributed by atoms with van der Waals surface area (Å²) >= 11 is 0. The zero-order valence-electron chi connectivity index (χ0n) is 14.3. The summed E-state index contributed by atoms with van der Waals surface area (Å²) in [6.45, 7) is 1.85. The first kappa shape index (κ1) is 17.4. The van der Waals surface area contributed by atoms with E-state index in [-0.39, 0.29) is 17.3 Å². The molecule has 0 saturated heterocycles. The van der Waals surface area contributed by atoms with Gasteiger partial charge in [0, 0.05) is 6.07 Å². The van der Waals surface area contributed by atoms with E-state index in [0.717, 1.165) is 16.7 Å². The maximum absolute atomic E-state index is 12.4. The maximum atomic E-state index is 12.4. The van der Waals surface area contributed by atoms with Crippen molar-refractivity contribution in [2.75, 3.05) is 0 Å². The van der Waals surface area contributed by atoms with Gasteiger partial charge in [-0.05, 0) is 29.7 Å². The normalized spacial score (nSPS) is 11.6.